The van der Waals surface area contributed by atoms with Gasteiger partial charge in [0.2, 0.25) is 0 Å². The van der Waals surface area contributed by atoms with Crippen LogP contribution >= 0.6 is 0 Å². The van der Waals surface area contributed by atoms with Crippen LogP contribution < -0.4 is 4.90 Å². The number of benzene rings is 10. The molecule has 11 rings (SSSR count). The van der Waals surface area contributed by atoms with E-state index in [2.05, 4.69) is 211 Å². The van der Waals surface area contributed by atoms with Gasteiger partial charge < -0.3 is 9.32 Å². The maximum atomic E-state index is 6.36. The van der Waals surface area contributed by atoms with Gasteiger partial charge in [-0.05, 0) is 127 Å². The molecule has 0 aliphatic rings. The molecule has 2 heteroatoms. The third-order valence-electron chi connectivity index (χ3n) is 11.2. The molecule has 0 radical (unpaired) electrons. The Morgan fingerprint density at radius 1 is 0.250 bits per heavy atom. The fraction of sp³-hybridized carbons (Fsp3) is 0. The van der Waals surface area contributed by atoms with E-state index in [1.165, 1.54) is 71.1 Å². The van der Waals surface area contributed by atoms with Crippen LogP contribution in [0, 0.1) is 0 Å². The number of para-hydroxylation sites is 2. The third-order valence-corrected chi connectivity index (χ3v) is 11.2. The molecule has 0 aliphatic carbocycles. The second kappa shape index (κ2) is 13.2. The summed E-state index contributed by atoms with van der Waals surface area (Å²) in [7, 11) is 0. The van der Waals surface area contributed by atoms with E-state index >= 15 is 0 Å². The molecule has 0 N–H and O–H groups in total. The van der Waals surface area contributed by atoms with Gasteiger partial charge in [0.25, 0.3) is 0 Å². The first kappa shape index (κ1) is 32.0. The lowest BCUT2D eigenvalue weighted by Crippen LogP contribution is -2.10. The quantitative estimate of drug-likeness (QED) is 0.160. The first-order valence-electron chi connectivity index (χ1n) is 19.2. The van der Waals surface area contributed by atoms with Crippen molar-refractivity contribution < 1.29 is 4.42 Å². The summed E-state index contributed by atoms with van der Waals surface area (Å²) in [6.45, 7) is 0. The molecule has 0 spiro atoms. The molecule has 0 bridgehead atoms. The minimum Gasteiger partial charge on any atom is -0.456 e. The summed E-state index contributed by atoms with van der Waals surface area (Å²) in [6.07, 6.45) is 0. The van der Waals surface area contributed by atoms with Gasteiger partial charge in [-0.2, -0.15) is 0 Å². The standard InChI is InChI=1S/C54H35NO/c1-4-14-36(15-5-1)40-32-41(37-16-6-2-7-17-37)34-44(33-40)55(42-18-8-3-9-19-42)43-27-24-38(25-28-43)39-26-29-46-45-20-10-11-21-47(45)53-48(50(46)35-39)30-31-52-54(53)49-22-12-13-23-51(49)56-52/h1-35H. The van der Waals surface area contributed by atoms with Gasteiger partial charge in [0.1, 0.15) is 11.2 Å². The Morgan fingerprint density at radius 2 is 0.750 bits per heavy atom. The summed E-state index contributed by atoms with van der Waals surface area (Å²) in [4.78, 5) is 2.36. The van der Waals surface area contributed by atoms with Crippen molar-refractivity contribution in [3.05, 3.63) is 212 Å². The number of fused-ring (bicyclic) bond motifs is 10. The summed E-state index contributed by atoms with van der Waals surface area (Å²) in [5, 5.41) is 9.80. The molecule has 10 aromatic carbocycles. The minimum absolute atomic E-state index is 0.917. The fourth-order valence-electron chi connectivity index (χ4n) is 8.60. The zero-order valence-electron chi connectivity index (χ0n) is 30.6. The topological polar surface area (TPSA) is 16.4 Å². The molecule has 0 aliphatic heterocycles. The summed E-state index contributed by atoms with van der Waals surface area (Å²) >= 11 is 0. The first-order valence-corrected chi connectivity index (χ1v) is 19.2. The highest BCUT2D eigenvalue weighted by Gasteiger charge is 2.18. The molecule has 1 aromatic heterocycles. The molecule has 56 heavy (non-hydrogen) atoms. The number of nitrogens with zero attached hydrogens (tertiary/aromatic N) is 1. The molecule has 0 saturated carbocycles. The molecule has 262 valence electrons. The van der Waals surface area contributed by atoms with Crippen LogP contribution in [0.5, 0.6) is 0 Å². The lowest BCUT2D eigenvalue weighted by Gasteiger charge is -2.27. The van der Waals surface area contributed by atoms with Crippen LogP contribution in [0.3, 0.4) is 0 Å². The number of hydrogen-bond donors (Lipinski definition) is 0. The molecule has 0 atom stereocenters. The second-order valence-electron chi connectivity index (χ2n) is 14.5. The highest BCUT2D eigenvalue weighted by molar-refractivity contribution is 6.34. The van der Waals surface area contributed by atoms with Gasteiger partial charge in [-0.15, -0.1) is 0 Å². The summed E-state index contributed by atoms with van der Waals surface area (Å²) in [5.74, 6) is 0. The van der Waals surface area contributed by atoms with Crippen molar-refractivity contribution in [2.45, 2.75) is 0 Å². The molecular formula is C54H35NO. The van der Waals surface area contributed by atoms with Gasteiger partial charge in [-0.1, -0.05) is 146 Å². The van der Waals surface area contributed by atoms with Crippen LogP contribution in [0.1, 0.15) is 0 Å². The average molecular weight is 714 g/mol. The van der Waals surface area contributed by atoms with E-state index in [0.29, 0.717) is 0 Å². The van der Waals surface area contributed by atoms with Crippen LogP contribution in [0.15, 0.2) is 217 Å². The number of furan rings is 1. The van der Waals surface area contributed by atoms with Crippen molar-refractivity contribution in [3.63, 3.8) is 0 Å². The Balaban J connectivity index is 1.07. The number of hydrogen-bond acceptors (Lipinski definition) is 2. The lowest BCUT2D eigenvalue weighted by molar-refractivity contribution is 0.669. The molecule has 0 fully saturated rings. The molecule has 0 saturated heterocycles. The average Bonchev–Trinajstić information content (AvgIpc) is 3.66. The van der Waals surface area contributed by atoms with Gasteiger partial charge in [-0.3, -0.25) is 0 Å². The summed E-state index contributed by atoms with van der Waals surface area (Å²) in [5.41, 5.74) is 12.2. The normalized spacial score (nSPS) is 11.6. The molecular weight excluding hydrogens is 679 g/mol. The van der Waals surface area contributed by atoms with Crippen LogP contribution in [0.25, 0.3) is 87.6 Å². The highest BCUT2D eigenvalue weighted by Crippen LogP contribution is 2.44. The zero-order chi connectivity index (χ0) is 37.0. The van der Waals surface area contributed by atoms with Crippen molar-refractivity contribution in [2.75, 3.05) is 4.90 Å². The van der Waals surface area contributed by atoms with Crippen molar-refractivity contribution >= 4 is 71.3 Å². The monoisotopic (exact) mass is 713 g/mol. The van der Waals surface area contributed by atoms with E-state index in [1.807, 2.05) is 6.07 Å². The SMILES string of the molecule is c1ccc(-c2cc(-c3ccccc3)cc(N(c3ccccc3)c3ccc(-c4ccc5c6ccccc6c6c(ccc7oc8ccccc8c76)c5c4)cc3)c2)cc1. The van der Waals surface area contributed by atoms with E-state index < -0.39 is 0 Å². The van der Waals surface area contributed by atoms with Crippen molar-refractivity contribution in [1.82, 2.24) is 0 Å². The van der Waals surface area contributed by atoms with Gasteiger partial charge >= 0.3 is 0 Å². The van der Waals surface area contributed by atoms with Gasteiger partial charge in [-0.25, -0.2) is 0 Å². The zero-order valence-corrected chi connectivity index (χ0v) is 30.6. The smallest absolute Gasteiger partial charge is 0.136 e. The molecule has 11 aromatic rings. The molecule has 1 heterocycles. The van der Waals surface area contributed by atoms with Crippen molar-refractivity contribution in [2.24, 2.45) is 0 Å². The van der Waals surface area contributed by atoms with Gasteiger partial charge in [0, 0.05) is 33.2 Å². The van der Waals surface area contributed by atoms with Crippen LogP contribution in [0.4, 0.5) is 17.1 Å². The predicted molar refractivity (Wildman–Crippen MR) is 237 cm³/mol. The third kappa shape index (κ3) is 5.34. The highest BCUT2D eigenvalue weighted by atomic mass is 16.3. The largest absolute Gasteiger partial charge is 0.456 e. The van der Waals surface area contributed by atoms with Crippen LogP contribution in [-0.2, 0) is 0 Å². The van der Waals surface area contributed by atoms with E-state index in [0.717, 1.165) is 33.6 Å². The molecule has 0 unspecified atom stereocenters. The summed E-state index contributed by atoms with van der Waals surface area (Å²) < 4.78 is 6.36. The van der Waals surface area contributed by atoms with Crippen LogP contribution in [0.2, 0.25) is 0 Å². The van der Waals surface area contributed by atoms with E-state index in [9.17, 15) is 0 Å². The Hall–Kier alpha value is -7.42. The summed E-state index contributed by atoms with van der Waals surface area (Å²) in [6, 6.07) is 76.4. The van der Waals surface area contributed by atoms with Gasteiger partial charge in [0.15, 0.2) is 0 Å². The maximum Gasteiger partial charge on any atom is 0.136 e. The second-order valence-corrected chi connectivity index (χ2v) is 14.5. The Labute approximate surface area is 325 Å². The maximum absolute atomic E-state index is 6.36. The number of rotatable bonds is 6. The Bertz CT molecular complexity index is 3160. The van der Waals surface area contributed by atoms with E-state index in [-0.39, 0.29) is 0 Å². The fourth-order valence-corrected chi connectivity index (χ4v) is 8.60. The van der Waals surface area contributed by atoms with Crippen LogP contribution in [-0.4, -0.2) is 0 Å². The molecule has 0 amide bonds. The predicted octanol–water partition coefficient (Wildman–Crippen LogP) is 15.5. The van der Waals surface area contributed by atoms with Gasteiger partial charge in [0.05, 0.1) is 0 Å². The minimum atomic E-state index is 0.917. The Morgan fingerprint density at radius 3 is 1.45 bits per heavy atom. The van der Waals surface area contributed by atoms with Crippen molar-refractivity contribution in [3.8, 4) is 33.4 Å². The van der Waals surface area contributed by atoms with E-state index in [4.69, 9.17) is 4.42 Å². The number of anilines is 3. The molecule has 2 nitrogen and oxygen atoms in total. The van der Waals surface area contributed by atoms with Crippen molar-refractivity contribution in [1.29, 1.82) is 0 Å². The first-order chi connectivity index (χ1) is 27.8. The van der Waals surface area contributed by atoms with E-state index in [1.54, 1.807) is 0 Å². The Kier molecular flexibility index (Phi) is 7.53. The lowest BCUT2D eigenvalue weighted by atomic mass is 9.90.